The molecule has 0 aromatic heterocycles. The van der Waals surface area contributed by atoms with E-state index in [4.69, 9.17) is 18.9 Å². The fourth-order valence-electron chi connectivity index (χ4n) is 5.78. The highest BCUT2D eigenvalue weighted by Gasteiger charge is 2.40. The number of ether oxygens (including phenoxy) is 4. The maximum absolute atomic E-state index is 6.62. The average molecular weight is 632 g/mol. The Bertz CT molecular complexity index is 1150. The summed E-state index contributed by atoms with van der Waals surface area (Å²) in [6, 6.07) is 32.2. The summed E-state index contributed by atoms with van der Waals surface area (Å²) in [5, 5.41) is 4.23. The minimum absolute atomic E-state index is 0.0510. The lowest BCUT2D eigenvalue weighted by atomic mass is 9.76. The van der Waals surface area contributed by atoms with E-state index in [-0.39, 0.29) is 34.7 Å². The lowest BCUT2D eigenvalue weighted by molar-refractivity contribution is -0.244. The highest BCUT2D eigenvalue weighted by Crippen LogP contribution is 2.39. The summed E-state index contributed by atoms with van der Waals surface area (Å²) in [5.74, 6) is 0. The van der Waals surface area contributed by atoms with Crippen LogP contribution in [0.15, 0.2) is 91.0 Å². The van der Waals surface area contributed by atoms with Gasteiger partial charge in [-0.3, -0.25) is 5.32 Å². The third-order valence-corrected chi connectivity index (χ3v) is 7.21. The van der Waals surface area contributed by atoms with Crippen LogP contribution in [0, 0.1) is 0 Å². The summed E-state index contributed by atoms with van der Waals surface area (Å²) in [5.41, 5.74) is 1.37. The maximum Gasteiger partial charge on any atom is 0.160 e. The molecule has 0 radical (unpaired) electrons. The molecule has 0 bridgehead atoms. The predicted molar refractivity (Wildman–Crippen MR) is 191 cm³/mol. The molecule has 1 atom stereocenters. The van der Waals surface area contributed by atoms with E-state index in [0.29, 0.717) is 12.8 Å². The SMILES string of the molecule is CC(C)(C)OC(CCC(CC(OC(C)(C)C)OC(C)(C)C)NC(c1ccccc1)(c1ccccc1)c1ccccc1)OC(C)(C)C. The van der Waals surface area contributed by atoms with Crippen LogP contribution < -0.4 is 5.32 Å². The summed E-state index contributed by atoms with van der Waals surface area (Å²) in [4.78, 5) is 0. The van der Waals surface area contributed by atoms with Crippen molar-refractivity contribution in [1.82, 2.24) is 5.32 Å². The second-order valence-electron chi connectivity index (χ2n) is 16.3. The molecule has 0 aliphatic rings. The van der Waals surface area contributed by atoms with Crippen LogP contribution >= 0.6 is 0 Å². The van der Waals surface area contributed by atoms with Gasteiger partial charge < -0.3 is 18.9 Å². The molecule has 0 fully saturated rings. The second-order valence-corrected chi connectivity index (χ2v) is 16.3. The molecule has 5 heteroatoms. The van der Waals surface area contributed by atoms with Gasteiger partial charge in [0.25, 0.3) is 0 Å². The third-order valence-electron chi connectivity index (χ3n) is 7.21. The van der Waals surface area contributed by atoms with Crippen molar-refractivity contribution in [2.45, 2.75) is 149 Å². The molecule has 1 unspecified atom stereocenters. The molecule has 0 saturated carbocycles. The summed E-state index contributed by atoms with van der Waals surface area (Å²) >= 11 is 0. The normalized spacial score (nSPS) is 14.2. The molecule has 3 aromatic carbocycles. The number of hydrogen-bond donors (Lipinski definition) is 1. The van der Waals surface area contributed by atoms with Crippen LogP contribution in [0.25, 0.3) is 0 Å². The molecule has 0 heterocycles. The van der Waals surface area contributed by atoms with Crippen molar-refractivity contribution in [3.8, 4) is 0 Å². The van der Waals surface area contributed by atoms with Crippen LogP contribution in [0.3, 0.4) is 0 Å². The van der Waals surface area contributed by atoms with E-state index in [9.17, 15) is 0 Å². The first-order chi connectivity index (χ1) is 21.3. The first-order valence-corrected chi connectivity index (χ1v) is 16.9. The van der Waals surface area contributed by atoms with Crippen LogP contribution in [0.4, 0.5) is 0 Å². The molecule has 5 nitrogen and oxygen atoms in total. The summed E-state index contributed by atoms with van der Waals surface area (Å²) < 4.78 is 26.2. The monoisotopic (exact) mass is 631 g/mol. The lowest BCUT2D eigenvalue weighted by Crippen LogP contribution is -2.52. The number of benzene rings is 3. The topological polar surface area (TPSA) is 49.0 Å². The van der Waals surface area contributed by atoms with Gasteiger partial charge in [0.2, 0.25) is 0 Å². The van der Waals surface area contributed by atoms with Crippen molar-refractivity contribution < 1.29 is 18.9 Å². The van der Waals surface area contributed by atoms with Crippen LogP contribution in [0.2, 0.25) is 0 Å². The van der Waals surface area contributed by atoms with E-state index in [1.165, 1.54) is 0 Å². The van der Waals surface area contributed by atoms with E-state index >= 15 is 0 Å². The molecule has 3 rings (SSSR count). The largest absolute Gasteiger partial charge is 0.347 e. The van der Waals surface area contributed by atoms with Crippen molar-refractivity contribution in [1.29, 1.82) is 0 Å². The minimum atomic E-state index is -0.645. The highest BCUT2D eigenvalue weighted by molar-refractivity contribution is 5.49. The van der Waals surface area contributed by atoms with Gasteiger partial charge in [-0.05, 0) is 113 Å². The Labute approximate surface area is 280 Å². The lowest BCUT2D eigenvalue weighted by Gasteiger charge is -2.42. The predicted octanol–water partition coefficient (Wildman–Crippen LogP) is 10.0. The maximum atomic E-state index is 6.62. The van der Waals surface area contributed by atoms with Gasteiger partial charge in [0.05, 0.1) is 27.9 Å². The van der Waals surface area contributed by atoms with Crippen LogP contribution in [-0.4, -0.2) is 41.0 Å². The smallest absolute Gasteiger partial charge is 0.160 e. The van der Waals surface area contributed by atoms with Gasteiger partial charge >= 0.3 is 0 Å². The Kier molecular flexibility index (Phi) is 12.8. The fraction of sp³-hybridized carbons (Fsp3) is 0.561. The van der Waals surface area contributed by atoms with Gasteiger partial charge in [0.15, 0.2) is 12.6 Å². The zero-order valence-electron chi connectivity index (χ0n) is 30.6. The summed E-state index contributed by atoms with van der Waals surface area (Å²) in [7, 11) is 0. The Hall–Kier alpha value is -2.54. The summed E-state index contributed by atoms with van der Waals surface area (Å²) in [6.45, 7) is 25.0. The summed E-state index contributed by atoms with van der Waals surface area (Å²) in [6.07, 6.45) is 1.26. The third kappa shape index (κ3) is 12.6. The standard InChI is InChI=1S/C41H61NO4/c1-37(2,3)43-35(44-38(4,5)6)29-28-34(30-36(45-39(7,8)9)46-40(10,11)12)42-41(31-22-16-13-17-23-31,32-24-18-14-19-25-32)33-26-20-15-21-27-33/h13-27,34-36,42H,28-30H2,1-12H3. The molecule has 0 aliphatic carbocycles. The van der Waals surface area contributed by atoms with Gasteiger partial charge in [0.1, 0.15) is 0 Å². The molecular formula is C41H61NO4. The quantitative estimate of drug-likeness (QED) is 0.142. The number of rotatable bonds is 14. The van der Waals surface area contributed by atoms with Gasteiger partial charge in [-0.1, -0.05) is 91.0 Å². The number of hydrogen-bond acceptors (Lipinski definition) is 5. The molecular weight excluding hydrogens is 570 g/mol. The van der Waals surface area contributed by atoms with E-state index in [1.807, 2.05) is 0 Å². The first-order valence-electron chi connectivity index (χ1n) is 16.9. The van der Waals surface area contributed by atoms with E-state index in [2.05, 4.69) is 179 Å². The van der Waals surface area contributed by atoms with E-state index in [1.54, 1.807) is 0 Å². The zero-order chi connectivity index (χ0) is 34.2. The minimum Gasteiger partial charge on any atom is -0.347 e. The molecule has 0 saturated heterocycles. The van der Waals surface area contributed by atoms with Crippen molar-refractivity contribution in [3.05, 3.63) is 108 Å². The van der Waals surface area contributed by atoms with Gasteiger partial charge in [0, 0.05) is 12.5 Å². The van der Waals surface area contributed by atoms with Crippen molar-refractivity contribution >= 4 is 0 Å². The van der Waals surface area contributed by atoms with Gasteiger partial charge in [-0.2, -0.15) is 0 Å². The number of nitrogens with one attached hydrogen (secondary N) is 1. The molecule has 254 valence electrons. The van der Waals surface area contributed by atoms with Crippen molar-refractivity contribution in [3.63, 3.8) is 0 Å². The van der Waals surface area contributed by atoms with Gasteiger partial charge in [-0.15, -0.1) is 0 Å². The molecule has 0 amide bonds. The fourth-order valence-corrected chi connectivity index (χ4v) is 5.78. The first kappa shape index (κ1) is 37.9. The molecule has 3 aromatic rings. The molecule has 1 N–H and O–H groups in total. The van der Waals surface area contributed by atoms with Crippen LogP contribution in [-0.2, 0) is 24.5 Å². The van der Waals surface area contributed by atoms with Gasteiger partial charge in [-0.25, -0.2) is 0 Å². The zero-order valence-corrected chi connectivity index (χ0v) is 30.6. The van der Waals surface area contributed by atoms with Crippen molar-refractivity contribution in [2.75, 3.05) is 0 Å². The molecule has 0 aliphatic heterocycles. The second kappa shape index (κ2) is 15.6. The Balaban J connectivity index is 2.18. The van der Waals surface area contributed by atoms with E-state index in [0.717, 1.165) is 23.1 Å². The molecule has 46 heavy (non-hydrogen) atoms. The van der Waals surface area contributed by atoms with E-state index < -0.39 is 11.8 Å². The average Bonchev–Trinajstić information content (AvgIpc) is 2.92. The highest BCUT2D eigenvalue weighted by atomic mass is 16.7. The van der Waals surface area contributed by atoms with Crippen LogP contribution in [0.1, 0.15) is 119 Å². The molecule has 0 spiro atoms. The van der Waals surface area contributed by atoms with Crippen molar-refractivity contribution in [2.24, 2.45) is 0 Å². The Morgan fingerprint density at radius 1 is 0.435 bits per heavy atom. The Morgan fingerprint density at radius 2 is 0.739 bits per heavy atom. The van der Waals surface area contributed by atoms with Crippen LogP contribution in [0.5, 0.6) is 0 Å². The Morgan fingerprint density at radius 3 is 1.04 bits per heavy atom.